The maximum atomic E-state index is 13.5. The molecule has 186 valence electrons. The molecule has 2 unspecified atom stereocenters. The van der Waals surface area contributed by atoms with Gasteiger partial charge in [0.25, 0.3) is 0 Å². The van der Waals surface area contributed by atoms with Gasteiger partial charge < -0.3 is 28.8 Å². The number of methoxy groups -OCH3 is 1. The standard InChI is InChI=1S/C26H32BNO7/c1-24(2,27)14-26(31,7-10-29)23(30)35-22-20(32-3)13-25-6-4-8-28(25)9-5-16-11-18-19(34-15-33-18)12-17(16)21(22)25/h10-13,21-22,31H,4-9,14-15H2,1-3H3/t21-,22?,25+,26?/m1/s1. The third kappa shape index (κ3) is 4.02. The lowest BCUT2D eigenvalue weighted by atomic mass is 9.65. The largest absolute Gasteiger partial charge is 0.497 e. The maximum Gasteiger partial charge on any atom is 0.339 e. The summed E-state index contributed by atoms with van der Waals surface area (Å²) in [6.07, 6.45) is 4.06. The molecule has 1 saturated heterocycles. The number of fused-ring (bicyclic) bond motifs is 3. The van der Waals surface area contributed by atoms with Crippen LogP contribution in [0.1, 0.15) is 56.6 Å². The van der Waals surface area contributed by atoms with Gasteiger partial charge in [0, 0.05) is 13.0 Å². The van der Waals surface area contributed by atoms with Crippen molar-refractivity contribution < 1.29 is 33.6 Å². The lowest BCUT2D eigenvalue weighted by molar-refractivity contribution is -0.175. The molecule has 0 saturated carbocycles. The Morgan fingerprint density at radius 1 is 1.31 bits per heavy atom. The van der Waals surface area contributed by atoms with Crippen molar-refractivity contribution in [1.29, 1.82) is 0 Å². The normalized spacial score (nSPS) is 28.7. The summed E-state index contributed by atoms with van der Waals surface area (Å²) < 4.78 is 23.2. The minimum atomic E-state index is -2.04. The fourth-order valence-corrected chi connectivity index (χ4v) is 6.44. The molecule has 1 spiro atoms. The molecule has 3 aliphatic heterocycles. The molecule has 4 atom stereocenters. The zero-order valence-corrected chi connectivity index (χ0v) is 20.5. The van der Waals surface area contributed by atoms with Gasteiger partial charge in [0.15, 0.2) is 23.2 Å². The number of rotatable bonds is 7. The van der Waals surface area contributed by atoms with Gasteiger partial charge in [0.2, 0.25) is 6.79 Å². The van der Waals surface area contributed by atoms with Crippen LogP contribution in [-0.2, 0) is 25.5 Å². The van der Waals surface area contributed by atoms with Crippen LogP contribution < -0.4 is 9.47 Å². The minimum Gasteiger partial charge on any atom is -0.497 e. The summed E-state index contributed by atoms with van der Waals surface area (Å²) >= 11 is 0. The van der Waals surface area contributed by atoms with E-state index < -0.39 is 29.4 Å². The smallest absolute Gasteiger partial charge is 0.339 e. The molecule has 1 aromatic rings. The quantitative estimate of drug-likeness (QED) is 0.361. The van der Waals surface area contributed by atoms with E-state index in [-0.39, 0.29) is 24.7 Å². The van der Waals surface area contributed by atoms with Crippen LogP contribution in [0, 0.1) is 0 Å². The number of carbonyl (C=O) groups is 2. The zero-order valence-electron chi connectivity index (χ0n) is 20.5. The van der Waals surface area contributed by atoms with Gasteiger partial charge in [-0.05, 0) is 61.6 Å². The van der Waals surface area contributed by atoms with E-state index >= 15 is 0 Å². The van der Waals surface area contributed by atoms with Gasteiger partial charge in [-0.3, -0.25) is 4.90 Å². The molecule has 9 heteroatoms. The number of ether oxygens (including phenoxy) is 4. The molecule has 0 aromatic heterocycles. The Morgan fingerprint density at radius 2 is 2.06 bits per heavy atom. The van der Waals surface area contributed by atoms with Crippen LogP contribution >= 0.6 is 0 Å². The molecule has 3 heterocycles. The van der Waals surface area contributed by atoms with Crippen molar-refractivity contribution in [3.8, 4) is 11.5 Å². The van der Waals surface area contributed by atoms with Gasteiger partial charge in [0.05, 0.1) is 26.4 Å². The lowest BCUT2D eigenvalue weighted by Gasteiger charge is -2.40. The molecule has 2 radical (unpaired) electrons. The molecular weight excluding hydrogens is 449 g/mol. The van der Waals surface area contributed by atoms with E-state index in [1.165, 1.54) is 0 Å². The topological polar surface area (TPSA) is 94.5 Å². The van der Waals surface area contributed by atoms with Crippen LogP contribution in [-0.4, -0.2) is 74.3 Å². The Morgan fingerprint density at radius 3 is 2.74 bits per heavy atom. The molecule has 5 rings (SSSR count). The Hall–Kier alpha value is -2.52. The van der Waals surface area contributed by atoms with E-state index in [0.717, 1.165) is 49.2 Å². The van der Waals surface area contributed by atoms with Crippen LogP contribution in [0.5, 0.6) is 11.5 Å². The van der Waals surface area contributed by atoms with Gasteiger partial charge in [-0.2, -0.15) is 0 Å². The summed E-state index contributed by atoms with van der Waals surface area (Å²) in [6, 6.07) is 4.02. The Kier molecular flexibility index (Phi) is 5.91. The van der Waals surface area contributed by atoms with E-state index in [4.69, 9.17) is 26.8 Å². The fraction of sp³-hybridized carbons (Fsp3) is 0.615. The maximum absolute atomic E-state index is 13.5. The summed E-state index contributed by atoms with van der Waals surface area (Å²) in [5.74, 6) is 0.799. The van der Waals surface area contributed by atoms with Crippen LogP contribution in [0.2, 0.25) is 5.31 Å². The van der Waals surface area contributed by atoms with E-state index in [0.29, 0.717) is 17.8 Å². The highest BCUT2D eigenvalue weighted by Crippen LogP contribution is 2.55. The lowest BCUT2D eigenvalue weighted by Crippen LogP contribution is -2.49. The average molecular weight is 481 g/mol. The number of hydrogen-bond donors (Lipinski definition) is 1. The highest BCUT2D eigenvalue weighted by atomic mass is 16.7. The van der Waals surface area contributed by atoms with E-state index in [1.54, 1.807) is 21.0 Å². The predicted octanol–water partition coefficient (Wildman–Crippen LogP) is 2.42. The van der Waals surface area contributed by atoms with Crippen molar-refractivity contribution in [3.63, 3.8) is 0 Å². The average Bonchev–Trinajstić information content (AvgIpc) is 3.46. The van der Waals surface area contributed by atoms with Crippen molar-refractivity contribution in [1.82, 2.24) is 4.90 Å². The molecule has 4 aliphatic rings. The van der Waals surface area contributed by atoms with Crippen molar-refractivity contribution in [2.75, 3.05) is 27.0 Å². The third-order valence-electron chi connectivity index (χ3n) is 7.75. The highest BCUT2D eigenvalue weighted by Gasteiger charge is 2.59. The first-order valence-electron chi connectivity index (χ1n) is 12.2. The van der Waals surface area contributed by atoms with Crippen LogP contribution in [0.25, 0.3) is 0 Å². The molecular formula is C26H32BNO7. The van der Waals surface area contributed by atoms with Crippen LogP contribution in [0.15, 0.2) is 24.0 Å². The third-order valence-corrected chi connectivity index (χ3v) is 7.75. The number of benzene rings is 1. The monoisotopic (exact) mass is 481 g/mol. The fourth-order valence-electron chi connectivity index (χ4n) is 6.44. The second-order valence-electron chi connectivity index (χ2n) is 10.9. The first-order chi connectivity index (χ1) is 16.6. The molecule has 1 N–H and O–H groups in total. The number of aliphatic hydroxyl groups is 1. The Balaban J connectivity index is 1.57. The molecule has 1 aromatic carbocycles. The van der Waals surface area contributed by atoms with E-state index in [2.05, 4.69) is 11.0 Å². The molecule has 8 nitrogen and oxygen atoms in total. The second kappa shape index (κ2) is 8.55. The second-order valence-corrected chi connectivity index (χ2v) is 10.9. The van der Waals surface area contributed by atoms with E-state index in [1.807, 2.05) is 12.1 Å². The summed E-state index contributed by atoms with van der Waals surface area (Å²) in [5.41, 5.74) is -0.277. The number of esters is 1. The minimum absolute atomic E-state index is 0.118. The SMILES string of the molecule is [B]C(C)(C)CC(O)(CC=O)C(=O)OC1C(OC)=C[C@]23CCCN2CCc2cc4c(cc2[C@H]13)OCO4. The molecule has 1 fully saturated rings. The van der Waals surface area contributed by atoms with Crippen molar-refractivity contribution in [3.05, 3.63) is 35.1 Å². The number of hydrogen-bond acceptors (Lipinski definition) is 8. The van der Waals surface area contributed by atoms with Crippen LogP contribution in [0.3, 0.4) is 0 Å². The number of nitrogens with zero attached hydrogens (tertiary/aromatic N) is 1. The summed E-state index contributed by atoms with van der Waals surface area (Å²) in [5, 5.41) is 10.3. The van der Waals surface area contributed by atoms with Gasteiger partial charge >= 0.3 is 5.97 Å². The Bertz CT molecular complexity index is 1070. The van der Waals surface area contributed by atoms with Gasteiger partial charge in [-0.25, -0.2) is 4.79 Å². The zero-order chi connectivity index (χ0) is 25.0. The summed E-state index contributed by atoms with van der Waals surface area (Å²) in [4.78, 5) is 27.3. The van der Waals surface area contributed by atoms with Crippen molar-refractivity contribution in [2.24, 2.45) is 0 Å². The van der Waals surface area contributed by atoms with Crippen molar-refractivity contribution in [2.45, 2.75) is 74.4 Å². The summed E-state index contributed by atoms with van der Waals surface area (Å²) in [7, 11) is 7.67. The molecule has 1 aliphatic carbocycles. The van der Waals surface area contributed by atoms with Crippen molar-refractivity contribution >= 4 is 20.1 Å². The Labute approximate surface area is 207 Å². The van der Waals surface area contributed by atoms with Gasteiger partial charge in [-0.15, -0.1) is 0 Å². The molecule has 0 bridgehead atoms. The number of carbonyl (C=O) groups excluding carboxylic acids is 2. The predicted molar refractivity (Wildman–Crippen MR) is 128 cm³/mol. The highest BCUT2D eigenvalue weighted by molar-refractivity contribution is 6.14. The van der Waals surface area contributed by atoms with E-state index in [9.17, 15) is 14.7 Å². The van der Waals surface area contributed by atoms with Gasteiger partial charge in [0.1, 0.15) is 12.0 Å². The summed E-state index contributed by atoms with van der Waals surface area (Å²) in [6.45, 7) is 5.35. The number of aldehydes is 1. The van der Waals surface area contributed by atoms with Crippen LogP contribution in [0.4, 0.5) is 0 Å². The van der Waals surface area contributed by atoms with Gasteiger partial charge in [-0.1, -0.05) is 19.2 Å². The first kappa shape index (κ1) is 24.2. The first-order valence-corrected chi connectivity index (χ1v) is 12.2. The molecule has 0 amide bonds. The molecule has 35 heavy (non-hydrogen) atoms.